The van der Waals surface area contributed by atoms with Crippen LogP contribution in [-0.4, -0.2) is 37.2 Å². The van der Waals surface area contributed by atoms with Crippen LogP contribution < -0.4 is 0 Å². The molecule has 0 aromatic heterocycles. The van der Waals surface area contributed by atoms with Gasteiger partial charge in [0.05, 0.1) is 0 Å². The highest BCUT2D eigenvalue weighted by Gasteiger charge is 2.19. The van der Waals surface area contributed by atoms with E-state index >= 15 is 0 Å². The second-order valence-electron chi connectivity index (χ2n) is 24.5. The topological polar surface area (TPSA) is 78.9 Å². The Labute approximate surface area is 516 Å². The Bertz CT molecular complexity index is 1520. The SMILES string of the molecule is CC/C=C\C/C=C\C/C=C\C/C=C\C/C=C\C/C=C\CCCCCCCCCCCCC(=O)OCC(COC(=O)CCCCCCCCCCCCCCC)OC(=O)CCCCCCCCCCCCCCCCCCCCCCCCC. The molecule has 6 nitrogen and oxygen atoms in total. The molecule has 0 amide bonds. The van der Waals surface area contributed by atoms with Gasteiger partial charge in [-0.3, -0.25) is 14.4 Å². The normalized spacial score (nSPS) is 12.5. The number of carbonyl (C=O) groups excluding carboxylic acids is 3. The van der Waals surface area contributed by atoms with Crippen LogP contribution in [0.25, 0.3) is 0 Å². The third-order valence-corrected chi connectivity index (χ3v) is 16.2. The molecule has 0 saturated carbocycles. The Morgan fingerprint density at radius 3 is 0.735 bits per heavy atom. The van der Waals surface area contributed by atoms with Gasteiger partial charge in [0.1, 0.15) is 13.2 Å². The highest BCUT2D eigenvalue weighted by atomic mass is 16.6. The number of ether oxygens (including phenoxy) is 3. The summed E-state index contributed by atoms with van der Waals surface area (Å²) in [5, 5.41) is 0. The number of hydrogen-bond acceptors (Lipinski definition) is 6. The van der Waals surface area contributed by atoms with Gasteiger partial charge in [0.15, 0.2) is 6.10 Å². The zero-order chi connectivity index (χ0) is 59.9. The standard InChI is InChI=1S/C77H138O6/c1-4-7-10-13-16-19-22-25-27-29-31-33-35-36-37-38-39-40-42-43-45-47-49-52-55-58-61-64-67-70-76(79)82-73-74(72-81-75(78)69-66-63-60-57-54-51-24-21-18-15-12-9-6-3)83-77(80)71-68-65-62-59-56-53-50-48-46-44-41-34-32-30-28-26-23-20-17-14-11-8-5-2/h7,10,16,19,25,27,31,33,36-37,39-40,74H,4-6,8-9,11-15,17-18,20-24,26,28-30,32,34-35,38,41-73H2,1-3H3/b10-7-,19-16-,27-25-,33-31-,37-36-,40-39-. The molecular weight excluding hydrogens is 1020 g/mol. The van der Waals surface area contributed by atoms with E-state index in [1.807, 2.05) is 0 Å². The van der Waals surface area contributed by atoms with E-state index in [2.05, 4.69) is 93.7 Å². The second-order valence-corrected chi connectivity index (χ2v) is 24.5. The first-order valence-electron chi connectivity index (χ1n) is 36.4. The van der Waals surface area contributed by atoms with Crippen molar-refractivity contribution in [1.29, 1.82) is 0 Å². The number of esters is 3. The van der Waals surface area contributed by atoms with Gasteiger partial charge in [0.2, 0.25) is 0 Å². The average molecular weight is 1160 g/mol. The summed E-state index contributed by atoms with van der Waals surface area (Å²) < 4.78 is 17.0. The molecule has 83 heavy (non-hydrogen) atoms. The minimum atomic E-state index is -0.775. The van der Waals surface area contributed by atoms with E-state index in [1.165, 1.54) is 244 Å². The molecule has 0 saturated heterocycles. The molecule has 0 bridgehead atoms. The van der Waals surface area contributed by atoms with Crippen molar-refractivity contribution in [2.24, 2.45) is 0 Å². The summed E-state index contributed by atoms with van der Waals surface area (Å²) in [7, 11) is 0. The maximum Gasteiger partial charge on any atom is 0.306 e. The minimum absolute atomic E-state index is 0.0703. The van der Waals surface area contributed by atoms with Gasteiger partial charge < -0.3 is 14.2 Å². The molecule has 0 heterocycles. The number of unbranched alkanes of at least 4 members (excludes halogenated alkanes) is 44. The van der Waals surface area contributed by atoms with Crippen LogP contribution >= 0.6 is 0 Å². The molecule has 0 aromatic carbocycles. The monoisotopic (exact) mass is 1160 g/mol. The van der Waals surface area contributed by atoms with Crippen LogP contribution in [0.3, 0.4) is 0 Å². The number of carbonyl (C=O) groups is 3. The summed E-state index contributed by atoms with van der Waals surface area (Å²) in [6.45, 7) is 6.59. The molecule has 0 N–H and O–H groups in total. The van der Waals surface area contributed by atoms with Crippen LogP contribution in [0.4, 0.5) is 0 Å². The number of allylic oxidation sites excluding steroid dienone is 12. The van der Waals surface area contributed by atoms with Gasteiger partial charge >= 0.3 is 17.9 Å². The smallest absolute Gasteiger partial charge is 0.306 e. The third-order valence-electron chi connectivity index (χ3n) is 16.2. The van der Waals surface area contributed by atoms with Crippen molar-refractivity contribution in [2.75, 3.05) is 13.2 Å². The van der Waals surface area contributed by atoms with Crippen molar-refractivity contribution in [1.82, 2.24) is 0 Å². The van der Waals surface area contributed by atoms with Gasteiger partial charge in [-0.25, -0.2) is 0 Å². The average Bonchev–Trinajstić information content (AvgIpc) is 3.49. The van der Waals surface area contributed by atoms with Gasteiger partial charge in [0, 0.05) is 19.3 Å². The largest absolute Gasteiger partial charge is 0.462 e. The molecule has 0 radical (unpaired) electrons. The lowest BCUT2D eigenvalue weighted by molar-refractivity contribution is -0.167. The van der Waals surface area contributed by atoms with Gasteiger partial charge in [-0.2, -0.15) is 0 Å². The molecule has 6 heteroatoms. The fourth-order valence-corrected chi connectivity index (χ4v) is 10.8. The van der Waals surface area contributed by atoms with Crippen LogP contribution in [0.2, 0.25) is 0 Å². The van der Waals surface area contributed by atoms with E-state index in [-0.39, 0.29) is 31.1 Å². The number of rotatable bonds is 67. The van der Waals surface area contributed by atoms with Crippen molar-refractivity contribution in [3.05, 3.63) is 72.9 Å². The van der Waals surface area contributed by atoms with Gasteiger partial charge in [-0.05, 0) is 70.6 Å². The van der Waals surface area contributed by atoms with Gasteiger partial charge in [-0.15, -0.1) is 0 Å². The van der Waals surface area contributed by atoms with Crippen LogP contribution in [0, 0.1) is 0 Å². The summed E-state index contributed by atoms with van der Waals surface area (Å²) in [5.74, 6) is -0.849. The highest BCUT2D eigenvalue weighted by molar-refractivity contribution is 5.71. The molecular formula is C77H138O6. The van der Waals surface area contributed by atoms with E-state index in [9.17, 15) is 14.4 Å². The lowest BCUT2D eigenvalue weighted by Gasteiger charge is -2.18. The van der Waals surface area contributed by atoms with Crippen molar-refractivity contribution in [3.63, 3.8) is 0 Å². The Morgan fingerprint density at radius 2 is 0.470 bits per heavy atom. The Kier molecular flexibility index (Phi) is 68.6. The van der Waals surface area contributed by atoms with E-state index in [0.29, 0.717) is 19.3 Å². The quantitative estimate of drug-likeness (QED) is 0.0261. The summed E-state index contributed by atoms with van der Waals surface area (Å²) in [5.41, 5.74) is 0. The molecule has 0 aliphatic carbocycles. The Morgan fingerprint density at radius 1 is 0.253 bits per heavy atom. The predicted octanol–water partition coefficient (Wildman–Crippen LogP) is 25.2. The zero-order valence-corrected chi connectivity index (χ0v) is 55.5. The lowest BCUT2D eigenvalue weighted by atomic mass is 10.0. The fraction of sp³-hybridized carbons (Fsp3) is 0.805. The molecule has 0 aliphatic heterocycles. The maximum atomic E-state index is 13.0. The van der Waals surface area contributed by atoms with Crippen LogP contribution in [0.15, 0.2) is 72.9 Å². The van der Waals surface area contributed by atoms with E-state index in [0.717, 1.165) is 96.3 Å². The zero-order valence-electron chi connectivity index (χ0n) is 55.5. The maximum absolute atomic E-state index is 13.0. The van der Waals surface area contributed by atoms with Crippen LogP contribution in [0.1, 0.15) is 380 Å². The minimum Gasteiger partial charge on any atom is -0.462 e. The molecule has 1 atom stereocenters. The van der Waals surface area contributed by atoms with Crippen LogP contribution in [-0.2, 0) is 28.6 Å². The predicted molar refractivity (Wildman–Crippen MR) is 362 cm³/mol. The van der Waals surface area contributed by atoms with E-state index in [1.54, 1.807) is 0 Å². The van der Waals surface area contributed by atoms with Crippen molar-refractivity contribution < 1.29 is 28.6 Å². The third kappa shape index (κ3) is 69.5. The van der Waals surface area contributed by atoms with E-state index in [4.69, 9.17) is 14.2 Å². The van der Waals surface area contributed by atoms with Crippen molar-refractivity contribution >= 4 is 17.9 Å². The second kappa shape index (κ2) is 71.3. The first-order valence-corrected chi connectivity index (χ1v) is 36.4. The van der Waals surface area contributed by atoms with E-state index < -0.39 is 6.10 Å². The van der Waals surface area contributed by atoms with Gasteiger partial charge in [0.25, 0.3) is 0 Å². The van der Waals surface area contributed by atoms with Crippen molar-refractivity contribution in [2.45, 2.75) is 386 Å². The van der Waals surface area contributed by atoms with Gasteiger partial charge in [-0.1, -0.05) is 363 Å². The molecule has 0 rings (SSSR count). The summed E-state index contributed by atoms with van der Waals surface area (Å²) in [6.07, 6.45) is 93.6. The Hall–Kier alpha value is -3.15. The molecule has 0 aliphatic rings. The highest BCUT2D eigenvalue weighted by Crippen LogP contribution is 2.18. The summed E-state index contributed by atoms with van der Waals surface area (Å²) in [6, 6.07) is 0. The Balaban J connectivity index is 4.25. The molecule has 0 aromatic rings. The molecule has 1 unspecified atom stereocenters. The fourth-order valence-electron chi connectivity index (χ4n) is 10.8. The lowest BCUT2D eigenvalue weighted by Crippen LogP contribution is -2.30. The molecule has 0 spiro atoms. The molecule has 482 valence electrons. The summed E-state index contributed by atoms with van der Waals surface area (Å²) in [4.78, 5) is 38.5. The van der Waals surface area contributed by atoms with Crippen LogP contribution in [0.5, 0.6) is 0 Å². The first-order chi connectivity index (χ1) is 41.0. The number of hydrogen-bond donors (Lipinski definition) is 0. The van der Waals surface area contributed by atoms with Crippen molar-refractivity contribution in [3.8, 4) is 0 Å². The first kappa shape index (κ1) is 79.8. The molecule has 0 fully saturated rings. The summed E-state index contributed by atoms with van der Waals surface area (Å²) >= 11 is 0.